The van der Waals surface area contributed by atoms with Crippen molar-refractivity contribution in [1.82, 2.24) is 14.7 Å². The Balaban J connectivity index is 1.87. The number of para-hydroxylation sites is 1. The monoisotopic (exact) mass is 285 g/mol. The van der Waals surface area contributed by atoms with Crippen molar-refractivity contribution < 1.29 is 9.53 Å². The number of hydrogen-bond donors (Lipinski definition) is 0. The molecule has 1 atom stereocenters. The van der Waals surface area contributed by atoms with Crippen LogP contribution >= 0.6 is 0 Å². The number of benzene rings is 1. The standard InChI is InChI=1S/C16H19N3O2/c1-12-11-18(8-9-21-12)16(20)15-10-17-19(13(15)2)14-6-4-3-5-7-14/h3-7,10,12H,8-9,11H2,1-2H3. The second-order valence-electron chi connectivity index (χ2n) is 5.32. The molecule has 0 N–H and O–H groups in total. The largest absolute Gasteiger partial charge is 0.375 e. The van der Waals surface area contributed by atoms with Gasteiger partial charge in [-0.1, -0.05) is 18.2 Å². The molecular weight excluding hydrogens is 266 g/mol. The predicted octanol–water partition coefficient (Wildman–Crippen LogP) is 2.04. The van der Waals surface area contributed by atoms with Gasteiger partial charge in [0.2, 0.25) is 0 Å². The SMILES string of the molecule is Cc1c(C(=O)N2CCOC(C)C2)cnn1-c1ccccc1. The van der Waals surface area contributed by atoms with Crippen molar-refractivity contribution >= 4 is 5.91 Å². The maximum Gasteiger partial charge on any atom is 0.257 e. The Morgan fingerprint density at radius 3 is 2.81 bits per heavy atom. The summed E-state index contributed by atoms with van der Waals surface area (Å²) in [6, 6.07) is 9.84. The van der Waals surface area contributed by atoms with Crippen LogP contribution in [0, 0.1) is 6.92 Å². The zero-order valence-electron chi connectivity index (χ0n) is 12.3. The summed E-state index contributed by atoms with van der Waals surface area (Å²) >= 11 is 0. The van der Waals surface area contributed by atoms with Crippen LogP contribution in [0.25, 0.3) is 5.69 Å². The van der Waals surface area contributed by atoms with E-state index in [1.165, 1.54) is 0 Å². The highest BCUT2D eigenvalue weighted by Crippen LogP contribution is 2.17. The Morgan fingerprint density at radius 1 is 1.33 bits per heavy atom. The minimum absolute atomic E-state index is 0.0323. The summed E-state index contributed by atoms with van der Waals surface area (Å²) in [7, 11) is 0. The van der Waals surface area contributed by atoms with Crippen LogP contribution in [0.1, 0.15) is 23.0 Å². The molecular formula is C16H19N3O2. The van der Waals surface area contributed by atoms with E-state index in [-0.39, 0.29) is 12.0 Å². The van der Waals surface area contributed by atoms with Crippen LogP contribution in [0.5, 0.6) is 0 Å². The topological polar surface area (TPSA) is 47.4 Å². The van der Waals surface area contributed by atoms with Gasteiger partial charge in [-0.05, 0) is 26.0 Å². The van der Waals surface area contributed by atoms with E-state index in [0.29, 0.717) is 25.3 Å². The van der Waals surface area contributed by atoms with Crippen LogP contribution in [0.3, 0.4) is 0 Å². The van der Waals surface area contributed by atoms with Crippen molar-refractivity contribution in [3.8, 4) is 5.69 Å². The van der Waals surface area contributed by atoms with Crippen LogP contribution < -0.4 is 0 Å². The molecule has 3 rings (SSSR count). The first-order chi connectivity index (χ1) is 10.2. The lowest BCUT2D eigenvalue weighted by atomic mass is 10.2. The molecule has 1 aliphatic heterocycles. The molecule has 110 valence electrons. The molecule has 0 bridgehead atoms. The first kappa shape index (κ1) is 13.8. The van der Waals surface area contributed by atoms with E-state index < -0.39 is 0 Å². The van der Waals surface area contributed by atoms with Crippen LogP contribution in [-0.4, -0.2) is 46.4 Å². The molecule has 1 aromatic carbocycles. The van der Waals surface area contributed by atoms with Gasteiger partial charge in [0.15, 0.2) is 0 Å². The Morgan fingerprint density at radius 2 is 2.10 bits per heavy atom. The lowest BCUT2D eigenvalue weighted by Gasteiger charge is -2.31. The van der Waals surface area contributed by atoms with Crippen LogP contribution in [-0.2, 0) is 4.74 Å². The van der Waals surface area contributed by atoms with Crippen molar-refractivity contribution in [2.45, 2.75) is 20.0 Å². The van der Waals surface area contributed by atoms with E-state index in [1.807, 2.05) is 49.1 Å². The maximum absolute atomic E-state index is 12.6. The molecule has 1 aromatic heterocycles. The average molecular weight is 285 g/mol. The summed E-state index contributed by atoms with van der Waals surface area (Å²) in [5.74, 6) is 0.0323. The number of ether oxygens (including phenoxy) is 1. The van der Waals surface area contributed by atoms with E-state index >= 15 is 0 Å². The fourth-order valence-corrected chi connectivity index (χ4v) is 2.62. The van der Waals surface area contributed by atoms with Crippen LogP contribution in [0.4, 0.5) is 0 Å². The van der Waals surface area contributed by atoms with Gasteiger partial charge in [-0.2, -0.15) is 5.10 Å². The lowest BCUT2D eigenvalue weighted by Crippen LogP contribution is -2.44. The minimum Gasteiger partial charge on any atom is -0.375 e. The molecule has 5 nitrogen and oxygen atoms in total. The first-order valence-corrected chi connectivity index (χ1v) is 7.17. The molecule has 0 radical (unpaired) electrons. The van der Waals surface area contributed by atoms with Gasteiger partial charge in [-0.15, -0.1) is 0 Å². The normalized spacial score (nSPS) is 18.8. The molecule has 0 saturated carbocycles. The third-order valence-corrected chi connectivity index (χ3v) is 3.77. The summed E-state index contributed by atoms with van der Waals surface area (Å²) < 4.78 is 7.29. The smallest absolute Gasteiger partial charge is 0.257 e. The van der Waals surface area contributed by atoms with E-state index in [0.717, 1.165) is 11.4 Å². The van der Waals surface area contributed by atoms with Gasteiger partial charge in [0.05, 0.1) is 35.9 Å². The number of amides is 1. The minimum atomic E-state index is 0.0323. The number of morpholine rings is 1. The molecule has 1 saturated heterocycles. The van der Waals surface area contributed by atoms with Crippen LogP contribution in [0.2, 0.25) is 0 Å². The van der Waals surface area contributed by atoms with Gasteiger partial charge in [-0.3, -0.25) is 4.79 Å². The lowest BCUT2D eigenvalue weighted by molar-refractivity contribution is -0.0124. The van der Waals surface area contributed by atoms with Gasteiger partial charge in [0.1, 0.15) is 0 Å². The van der Waals surface area contributed by atoms with Gasteiger partial charge in [0.25, 0.3) is 5.91 Å². The quantitative estimate of drug-likeness (QED) is 0.848. The number of nitrogens with zero attached hydrogens (tertiary/aromatic N) is 3. The van der Waals surface area contributed by atoms with Crippen molar-refractivity contribution in [2.75, 3.05) is 19.7 Å². The number of carbonyl (C=O) groups excluding carboxylic acids is 1. The Kier molecular flexibility index (Phi) is 3.75. The number of carbonyl (C=O) groups is 1. The molecule has 1 amide bonds. The second-order valence-corrected chi connectivity index (χ2v) is 5.32. The van der Waals surface area contributed by atoms with E-state index in [1.54, 1.807) is 10.9 Å². The van der Waals surface area contributed by atoms with Gasteiger partial charge in [0, 0.05) is 13.1 Å². The van der Waals surface area contributed by atoms with Crippen molar-refractivity contribution in [2.24, 2.45) is 0 Å². The van der Waals surface area contributed by atoms with E-state index in [9.17, 15) is 4.79 Å². The van der Waals surface area contributed by atoms with E-state index in [4.69, 9.17) is 4.74 Å². The zero-order valence-corrected chi connectivity index (χ0v) is 12.3. The summed E-state index contributed by atoms with van der Waals surface area (Å²) in [4.78, 5) is 14.5. The highest BCUT2D eigenvalue weighted by atomic mass is 16.5. The molecule has 0 aliphatic carbocycles. The highest BCUT2D eigenvalue weighted by molar-refractivity contribution is 5.95. The first-order valence-electron chi connectivity index (χ1n) is 7.17. The fraction of sp³-hybridized carbons (Fsp3) is 0.375. The van der Waals surface area contributed by atoms with Crippen molar-refractivity contribution in [3.05, 3.63) is 47.8 Å². The Bertz CT molecular complexity index is 636. The van der Waals surface area contributed by atoms with E-state index in [2.05, 4.69) is 5.10 Å². The van der Waals surface area contributed by atoms with Crippen LogP contribution in [0.15, 0.2) is 36.5 Å². The molecule has 2 heterocycles. The van der Waals surface area contributed by atoms with Gasteiger partial charge in [-0.25, -0.2) is 4.68 Å². The number of rotatable bonds is 2. The number of hydrogen-bond acceptors (Lipinski definition) is 3. The molecule has 5 heteroatoms. The molecule has 0 spiro atoms. The summed E-state index contributed by atoms with van der Waals surface area (Å²) in [5.41, 5.74) is 2.49. The second kappa shape index (κ2) is 5.69. The van der Waals surface area contributed by atoms with Gasteiger partial charge >= 0.3 is 0 Å². The maximum atomic E-state index is 12.6. The molecule has 2 aromatic rings. The predicted molar refractivity (Wildman–Crippen MR) is 79.6 cm³/mol. The summed E-state index contributed by atoms with van der Waals surface area (Å²) in [6.45, 7) is 5.78. The Hall–Kier alpha value is -2.14. The summed E-state index contributed by atoms with van der Waals surface area (Å²) in [5, 5.41) is 4.36. The molecule has 1 aliphatic rings. The third-order valence-electron chi connectivity index (χ3n) is 3.77. The fourth-order valence-electron chi connectivity index (χ4n) is 2.62. The van der Waals surface area contributed by atoms with Gasteiger partial charge < -0.3 is 9.64 Å². The highest BCUT2D eigenvalue weighted by Gasteiger charge is 2.25. The average Bonchev–Trinajstić information content (AvgIpc) is 2.89. The van der Waals surface area contributed by atoms with Crippen molar-refractivity contribution in [1.29, 1.82) is 0 Å². The molecule has 1 fully saturated rings. The Labute approximate surface area is 124 Å². The molecule has 21 heavy (non-hydrogen) atoms. The van der Waals surface area contributed by atoms with Crippen molar-refractivity contribution in [3.63, 3.8) is 0 Å². The number of aromatic nitrogens is 2. The zero-order chi connectivity index (χ0) is 14.8. The molecule has 1 unspecified atom stereocenters. The summed E-state index contributed by atoms with van der Waals surface area (Å²) in [6.07, 6.45) is 1.75. The third kappa shape index (κ3) is 2.69.